The van der Waals surface area contributed by atoms with Crippen molar-refractivity contribution < 1.29 is 23.9 Å². The maximum absolute atomic E-state index is 12.2. The summed E-state index contributed by atoms with van der Waals surface area (Å²) in [7, 11) is 0. The Balaban J connectivity index is 1.86. The van der Waals surface area contributed by atoms with Gasteiger partial charge in [-0.2, -0.15) is 0 Å². The van der Waals surface area contributed by atoms with Gasteiger partial charge in [-0.3, -0.25) is 4.79 Å². The van der Waals surface area contributed by atoms with Crippen LogP contribution in [-0.4, -0.2) is 30.1 Å². The summed E-state index contributed by atoms with van der Waals surface area (Å²) < 4.78 is 10.3. The quantitative estimate of drug-likeness (QED) is 0.578. The zero-order chi connectivity index (χ0) is 21.6. The summed E-state index contributed by atoms with van der Waals surface area (Å²) in [4.78, 5) is 36.1. The Morgan fingerprint density at radius 3 is 2.10 bits per heavy atom. The van der Waals surface area contributed by atoms with Crippen molar-refractivity contribution in [2.24, 2.45) is 0 Å². The fourth-order valence-electron chi connectivity index (χ4n) is 2.46. The number of carbonyl (C=O) groups excluding carboxylic acids is 3. The minimum atomic E-state index is -0.575. The SMILES string of the molecule is Cc1ccc(C(=O)COC(=O)c2ccc(CNC(=O)OC(C)(C)C)cc2)cc1C. The predicted molar refractivity (Wildman–Crippen MR) is 110 cm³/mol. The second-order valence-corrected chi connectivity index (χ2v) is 7.85. The van der Waals surface area contributed by atoms with Gasteiger partial charge in [0.05, 0.1) is 5.56 Å². The molecule has 0 radical (unpaired) electrons. The molecule has 0 spiro atoms. The van der Waals surface area contributed by atoms with Crippen LogP contribution in [0.1, 0.15) is 58.2 Å². The Hall–Kier alpha value is -3.15. The Labute approximate surface area is 171 Å². The molecule has 6 heteroatoms. The molecule has 1 amide bonds. The first-order chi connectivity index (χ1) is 13.5. The van der Waals surface area contributed by atoms with Gasteiger partial charge >= 0.3 is 12.1 Å². The van der Waals surface area contributed by atoms with Gasteiger partial charge in [0.15, 0.2) is 12.4 Å². The van der Waals surface area contributed by atoms with Crippen molar-refractivity contribution in [3.05, 3.63) is 70.3 Å². The van der Waals surface area contributed by atoms with Crippen molar-refractivity contribution in [2.75, 3.05) is 6.61 Å². The van der Waals surface area contributed by atoms with Crippen molar-refractivity contribution in [1.82, 2.24) is 5.32 Å². The van der Waals surface area contributed by atoms with Crippen LogP contribution in [0.5, 0.6) is 0 Å². The topological polar surface area (TPSA) is 81.7 Å². The number of benzene rings is 2. The number of amides is 1. The Morgan fingerprint density at radius 1 is 0.897 bits per heavy atom. The van der Waals surface area contributed by atoms with E-state index in [-0.39, 0.29) is 18.9 Å². The van der Waals surface area contributed by atoms with Crippen LogP contribution in [0.2, 0.25) is 0 Å². The van der Waals surface area contributed by atoms with Gasteiger partial charge in [-0.05, 0) is 69.5 Å². The molecule has 0 heterocycles. The highest BCUT2D eigenvalue weighted by Gasteiger charge is 2.16. The number of carbonyl (C=O) groups is 3. The van der Waals surface area contributed by atoms with Crippen LogP contribution >= 0.6 is 0 Å². The Kier molecular flexibility index (Phi) is 7.15. The van der Waals surface area contributed by atoms with E-state index in [1.165, 1.54) is 0 Å². The van der Waals surface area contributed by atoms with Crippen molar-refractivity contribution in [1.29, 1.82) is 0 Å². The lowest BCUT2D eigenvalue weighted by atomic mass is 10.0. The largest absolute Gasteiger partial charge is 0.454 e. The molecule has 154 valence electrons. The van der Waals surface area contributed by atoms with Crippen LogP contribution in [0.3, 0.4) is 0 Å². The third-order valence-corrected chi connectivity index (χ3v) is 4.19. The van der Waals surface area contributed by atoms with E-state index in [0.29, 0.717) is 11.1 Å². The number of ketones is 1. The molecule has 0 saturated carbocycles. The molecule has 0 aliphatic heterocycles. The van der Waals surface area contributed by atoms with Crippen molar-refractivity contribution in [3.8, 4) is 0 Å². The molecule has 0 aliphatic rings. The van der Waals surface area contributed by atoms with Crippen molar-refractivity contribution in [3.63, 3.8) is 0 Å². The minimum Gasteiger partial charge on any atom is -0.454 e. The zero-order valence-electron chi connectivity index (χ0n) is 17.5. The maximum Gasteiger partial charge on any atom is 0.407 e. The summed E-state index contributed by atoms with van der Waals surface area (Å²) in [6.07, 6.45) is -0.508. The number of aryl methyl sites for hydroxylation is 2. The van der Waals surface area contributed by atoms with E-state index in [2.05, 4.69) is 5.32 Å². The first-order valence-corrected chi connectivity index (χ1v) is 9.38. The average Bonchev–Trinajstić information content (AvgIpc) is 2.65. The fraction of sp³-hybridized carbons (Fsp3) is 0.348. The third-order valence-electron chi connectivity index (χ3n) is 4.19. The molecule has 0 aliphatic carbocycles. The Bertz CT molecular complexity index is 894. The lowest BCUT2D eigenvalue weighted by Gasteiger charge is -2.19. The summed E-state index contributed by atoms with van der Waals surface area (Å²) in [5, 5.41) is 2.65. The standard InChI is InChI=1S/C23H27NO5/c1-15-6-9-19(12-16(15)2)20(25)14-28-21(26)18-10-7-17(8-11-18)13-24-22(27)29-23(3,4)5/h6-12H,13-14H2,1-5H3,(H,24,27). The number of esters is 1. The highest BCUT2D eigenvalue weighted by atomic mass is 16.6. The van der Waals surface area contributed by atoms with Gasteiger partial charge in [0.25, 0.3) is 0 Å². The molecule has 6 nitrogen and oxygen atoms in total. The minimum absolute atomic E-state index is 0.250. The lowest BCUT2D eigenvalue weighted by molar-refractivity contribution is 0.0473. The summed E-state index contributed by atoms with van der Waals surface area (Å²) in [6, 6.07) is 12.0. The van der Waals surface area contributed by atoms with Crippen molar-refractivity contribution in [2.45, 2.75) is 46.8 Å². The van der Waals surface area contributed by atoms with Gasteiger partial charge in [0.1, 0.15) is 5.60 Å². The average molecular weight is 397 g/mol. The summed E-state index contributed by atoms with van der Waals surface area (Å²) in [5.41, 5.74) is 3.20. The highest BCUT2D eigenvalue weighted by Crippen LogP contribution is 2.12. The number of nitrogens with one attached hydrogen (secondary N) is 1. The van der Waals surface area contributed by atoms with E-state index in [1.807, 2.05) is 19.9 Å². The normalized spacial score (nSPS) is 10.9. The highest BCUT2D eigenvalue weighted by molar-refractivity contribution is 5.99. The molecule has 2 rings (SSSR count). The van der Waals surface area contributed by atoms with E-state index in [0.717, 1.165) is 16.7 Å². The molecule has 0 aromatic heterocycles. The first-order valence-electron chi connectivity index (χ1n) is 9.38. The van der Waals surface area contributed by atoms with Crippen molar-refractivity contribution >= 4 is 17.8 Å². The van der Waals surface area contributed by atoms with E-state index in [4.69, 9.17) is 9.47 Å². The van der Waals surface area contributed by atoms with Gasteiger partial charge in [-0.25, -0.2) is 9.59 Å². The summed E-state index contributed by atoms with van der Waals surface area (Å²) >= 11 is 0. The fourth-order valence-corrected chi connectivity index (χ4v) is 2.46. The first kappa shape index (κ1) is 22.1. The summed E-state index contributed by atoms with van der Waals surface area (Å²) in [6.45, 7) is 9.22. The summed E-state index contributed by atoms with van der Waals surface area (Å²) in [5.74, 6) is -0.825. The second kappa shape index (κ2) is 9.37. The van der Waals surface area contributed by atoms with Crippen LogP contribution in [0, 0.1) is 13.8 Å². The molecule has 29 heavy (non-hydrogen) atoms. The number of hydrogen-bond donors (Lipinski definition) is 1. The van der Waals surface area contributed by atoms with E-state index in [1.54, 1.807) is 57.2 Å². The molecule has 1 N–H and O–H groups in total. The Morgan fingerprint density at radius 2 is 1.52 bits per heavy atom. The van der Waals surface area contributed by atoms with Gasteiger partial charge in [-0.1, -0.05) is 24.3 Å². The molecular weight excluding hydrogens is 370 g/mol. The van der Waals surface area contributed by atoms with Crippen LogP contribution in [-0.2, 0) is 16.0 Å². The van der Waals surface area contributed by atoms with E-state index < -0.39 is 17.7 Å². The molecule has 2 aromatic carbocycles. The van der Waals surface area contributed by atoms with Crippen LogP contribution in [0.25, 0.3) is 0 Å². The number of ether oxygens (including phenoxy) is 2. The van der Waals surface area contributed by atoms with Gasteiger partial charge in [-0.15, -0.1) is 0 Å². The molecular formula is C23H27NO5. The predicted octanol–water partition coefficient (Wildman–Crippen LogP) is 4.37. The van der Waals surface area contributed by atoms with E-state index in [9.17, 15) is 14.4 Å². The third kappa shape index (κ3) is 7.07. The van der Waals surface area contributed by atoms with Crippen LogP contribution in [0.15, 0.2) is 42.5 Å². The molecule has 0 unspecified atom stereocenters. The maximum atomic E-state index is 12.2. The van der Waals surface area contributed by atoms with E-state index >= 15 is 0 Å². The molecule has 0 saturated heterocycles. The number of hydrogen-bond acceptors (Lipinski definition) is 5. The lowest BCUT2D eigenvalue weighted by Crippen LogP contribution is -2.32. The number of alkyl carbamates (subject to hydrolysis) is 1. The van der Waals surface area contributed by atoms with Crippen LogP contribution in [0.4, 0.5) is 4.79 Å². The van der Waals surface area contributed by atoms with Crippen LogP contribution < -0.4 is 5.32 Å². The molecule has 0 fully saturated rings. The molecule has 0 atom stereocenters. The molecule has 0 bridgehead atoms. The second-order valence-electron chi connectivity index (χ2n) is 7.85. The van der Waals surface area contributed by atoms with Gasteiger partial charge in [0, 0.05) is 12.1 Å². The van der Waals surface area contributed by atoms with Gasteiger partial charge in [0.2, 0.25) is 0 Å². The smallest absolute Gasteiger partial charge is 0.407 e. The van der Waals surface area contributed by atoms with Gasteiger partial charge < -0.3 is 14.8 Å². The molecule has 2 aromatic rings. The number of Topliss-reactive ketones (excluding diaryl/α,β-unsaturated/α-hetero) is 1. The zero-order valence-corrected chi connectivity index (χ0v) is 17.5. The monoisotopic (exact) mass is 397 g/mol. The number of rotatable bonds is 6.